The number of carbonyl (C=O) groups excluding carboxylic acids is 1. The number of amides is 1. The number of ether oxygens (including phenoxy) is 1. The van der Waals surface area contributed by atoms with Gasteiger partial charge in [-0.15, -0.1) is 0 Å². The molecule has 106 valence electrons. The summed E-state index contributed by atoms with van der Waals surface area (Å²) in [6.45, 7) is -0.340. The van der Waals surface area contributed by atoms with Crippen LogP contribution in [-0.4, -0.2) is 12.5 Å². The molecule has 2 rings (SSSR count). The summed E-state index contributed by atoms with van der Waals surface area (Å²) in [6, 6.07) is 12.2. The molecular formula is C15H12FN3O2. The van der Waals surface area contributed by atoms with Gasteiger partial charge in [-0.05, 0) is 30.3 Å². The third-order valence-electron chi connectivity index (χ3n) is 2.63. The van der Waals surface area contributed by atoms with Crippen LogP contribution in [0.2, 0.25) is 0 Å². The molecule has 3 N–H and O–H groups in total. The zero-order chi connectivity index (χ0) is 15.2. The van der Waals surface area contributed by atoms with Crippen molar-refractivity contribution in [2.45, 2.75) is 0 Å². The number of nitrogens with zero attached hydrogens (tertiary/aromatic N) is 1. The molecular weight excluding hydrogens is 273 g/mol. The van der Waals surface area contributed by atoms with Crippen LogP contribution < -0.4 is 15.8 Å². The summed E-state index contributed by atoms with van der Waals surface area (Å²) >= 11 is 0. The lowest BCUT2D eigenvalue weighted by atomic mass is 10.2. The lowest BCUT2D eigenvalue weighted by Crippen LogP contribution is -2.21. The Morgan fingerprint density at radius 3 is 2.81 bits per heavy atom. The molecule has 2 aromatic rings. The third-order valence-corrected chi connectivity index (χ3v) is 2.63. The number of anilines is 2. The van der Waals surface area contributed by atoms with Gasteiger partial charge in [0.25, 0.3) is 5.91 Å². The van der Waals surface area contributed by atoms with Crippen LogP contribution >= 0.6 is 0 Å². The maximum Gasteiger partial charge on any atom is 0.262 e. The summed E-state index contributed by atoms with van der Waals surface area (Å²) in [4.78, 5) is 11.7. The smallest absolute Gasteiger partial charge is 0.262 e. The molecule has 6 heteroatoms. The van der Waals surface area contributed by atoms with E-state index in [1.165, 1.54) is 30.3 Å². The highest BCUT2D eigenvalue weighted by molar-refractivity contribution is 5.92. The van der Waals surface area contributed by atoms with E-state index in [2.05, 4.69) is 5.32 Å². The molecule has 0 aliphatic heterocycles. The number of para-hydroxylation sites is 1. The third kappa shape index (κ3) is 3.70. The molecule has 0 saturated carbocycles. The minimum absolute atomic E-state index is 0.0731. The van der Waals surface area contributed by atoms with Gasteiger partial charge in [-0.25, -0.2) is 4.39 Å². The van der Waals surface area contributed by atoms with E-state index in [1.807, 2.05) is 6.07 Å². The van der Waals surface area contributed by atoms with Crippen LogP contribution in [0.3, 0.4) is 0 Å². The first kappa shape index (κ1) is 14.3. The van der Waals surface area contributed by atoms with Gasteiger partial charge >= 0.3 is 0 Å². The monoisotopic (exact) mass is 285 g/mol. The molecule has 2 aromatic carbocycles. The Kier molecular flexibility index (Phi) is 4.36. The molecule has 5 nitrogen and oxygen atoms in total. The number of carbonyl (C=O) groups is 1. The fourth-order valence-corrected chi connectivity index (χ4v) is 1.65. The van der Waals surface area contributed by atoms with Gasteiger partial charge in [-0.1, -0.05) is 12.1 Å². The average molecular weight is 285 g/mol. The largest absolute Gasteiger partial charge is 0.482 e. The van der Waals surface area contributed by atoms with Crippen molar-refractivity contribution in [2.24, 2.45) is 0 Å². The van der Waals surface area contributed by atoms with Gasteiger partial charge in [-0.3, -0.25) is 4.79 Å². The first-order chi connectivity index (χ1) is 10.1. The minimum Gasteiger partial charge on any atom is -0.482 e. The molecule has 0 aliphatic carbocycles. The lowest BCUT2D eigenvalue weighted by molar-refractivity contribution is -0.118. The summed E-state index contributed by atoms with van der Waals surface area (Å²) in [5, 5.41) is 11.3. The van der Waals surface area contributed by atoms with Crippen molar-refractivity contribution in [3.8, 4) is 11.8 Å². The summed E-state index contributed by atoms with van der Waals surface area (Å²) in [5.74, 6) is -0.813. The van der Waals surface area contributed by atoms with Gasteiger partial charge in [0.2, 0.25) is 0 Å². The Balaban J connectivity index is 1.99. The second-order valence-electron chi connectivity index (χ2n) is 4.18. The Morgan fingerprint density at radius 1 is 1.33 bits per heavy atom. The van der Waals surface area contributed by atoms with Gasteiger partial charge in [0, 0.05) is 5.69 Å². The highest BCUT2D eigenvalue weighted by atomic mass is 19.1. The fraction of sp³-hybridized carbons (Fsp3) is 0.0667. The number of hydrogen-bond acceptors (Lipinski definition) is 4. The summed E-state index contributed by atoms with van der Waals surface area (Å²) < 4.78 is 18.6. The number of halogens is 1. The molecule has 0 atom stereocenters. The van der Waals surface area contributed by atoms with Crippen molar-refractivity contribution in [1.82, 2.24) is 0 Å². The highest BCUT2D eigenvalue weighted by Gasteiger charge is 2.09. The molecule has 0 heterocycles. The molecule has 0 aromatic heterocycles. The molecule has 0 saturated heterocycles. The number of hydrogen-bond donors (Lipinski definition) is 2. The number of nitrogens with one attached hydrogen (secondary N) is 1. The van der Waals surface area contributed by atoms with Gasteiger partial charge in [0.1, 0.15) is 17.6 Å². The summed E-state index contributed by atoms with van der Waals surface area (Å²) in [5.41, 5.74) is 6.28. The molecule has 0 bridgehead atoms. The Labute approximate surface area is 120 Å². The maximum absolute atomic E-state index is 13.4. The molecule has 0 unspecified atom stereocenters. The zero-order valence-electron chi connectivity index (χ0n) is 11.0. The first-order valence-electron chi connectivity index (χ1n) is 6.07. The van der Waals surface area contributed by atoms with Crippen LogP contribution in [0, 0.1) is 17.1 Å². The Hall–Kier alpha value is -3.07. The van der Waals surface area contributed by atoms with Crippen molar-refractivity contribution < 1.29 is 13.9 Å². The predicted octanol–water partition coefficient (Wildman–Crippen LogP) is 2.30. The molecule has 0 spiro atoms. The number of nitrogen functional groups attached to an aromatic ring is 1. The van der Waals surface area contributed by atoms with E-state index in [0.29, 0.717) is 5.69 Å². The van der Waals surface area contributed by atoms with Gasteiger partial charge in [0.05, 0.1) is 11.3 Å². The number of nitriles is 1. The molecule has 1 amide bonds. The van der Waals surface area contributed by atoms with E-state index in [-0.39, 0.29) is 23.6 Å². The van der Waals surface area contributed by atoms with Crippen LogP contribution in [-0.2, 0) is 4.79 Å². The van der Waals surface area contributed by atoms with Crippen LogP contribution in [0.15, 0.2) is 42.5 Å². The van der Waals surface area contributed by atoms with Crippen molar-refractivity contribution in [3.63, 3.8) is 0 Å². The second-order valence-corrected chi connectivity index (χ2v) is 4.18. The quantitative estimate of drug-likeness (QED) is 0.844. The Bertz CT molecular complexity index is 710. The van der Waals surface area contributed by atoms with Crippen molar-refractivity contribution in [1.29, 1.82) is 5.26 Å². The highest BCUT2D eigenvalue weighted by Crippen LogP contribution is 2.20. The van der Waals surface area contributed by atoms with Gasteiger partial charge in [0.15, 0.2) is 6.61 Å². The van der Waals surface area contributed by atoms with E-state index in [4.69, 9.17) is 15.7 Å². The normalized spacial score (nSPS) is 9.71. The number of nitrogens with two attached hydrogens (primary N) is 1. The molecule has 21 heavy (non-hydrogen) atoms. The van der Waals surface area contributed by atoms with Crippen LogP contribution in [0.25, 0.3) is 0 Å². The molecule has 0 aliphatic rings. The van der Waals surface area contributed by atoms with Crippen molar-refractivity contribution in [2.75, 3.05) is 17.7 Å². The van der Waals surface area contributed by atoms with E-state index < -0.39 is 11.7 Å². The van der Waals surface area contributed by atoms with Crippen molar-refractivity contribution >= 4 is 17.3 Å². The lowest BCUT2D eigenvalue weighted by Gasteiger charge is -2.09. The van der Waals surface area contributed by atoms with Crippen LogP contribution in [0.5, 0.6) is 5.75 Å². The van der Waals surface area contributed by atoms with E-state index in [9.17, 15) is 9.18 Å². The fourth-order valence-electron chi connectivity index (χ4n) is 1.65. The summed E-state index contributed by atoms with van der Waals surface area (Å²) in [6.07, 6.45) is 0. The maximum atomic E-state index is 13.4. The number of rotatable bonds is 4. The van der Waals surface area contributed by atoms with E-state index >= 15 is 0 Å². The molecule has 0 radical (unpaired) electrons. The van der Waals surface area contributed by atoms with E-state index in [1.54, 1.807) is 12.1 Å². The van der Waals surface area contributed by atoms with E-state index in [0.717, 1.165) is 0 Å². The standard InChI is InChI=1S/C15H12FN3O2/c16-12-3-1-2-4-13(12)19-15(20)9-21-14-6-5-11(18)7-10(14)8-17/h1-7H,9,18H2,(H,19,20). The Morgan fingerprint density at radius 2 is 2.10 bits per heavy atom. The van der Waals surface area contributed by atoms with Crippen LogP contribution in [0.1, 0.15) is 5.56 Å². The van der Waals surface area contributed by atoms with Gasteiger partial charge in [-0.2, -0.15) is 5.26 Å². The summed E-state index contributed by atoms with van der Waals surface area (Å²) in [7, 11) is 0. The van der Waals surface area contributed by atoms with Crippen molar-refractivity contribution in [3.05, 3.63) is 53.8 Å². The van der Waals surface area contributed by atoms with Crippen LogP contribution in [0.4, 0.5) is 15.8 Å². The topological polar surface area (TPSA) is 88.1 Å². The van der Waals surface area contributed by atoms with Gasteiger partial charge < -0.3 is 15.8 Å². The molecule has 0 fully saturated rings. The SMILES string of the molecule is N#Cc1cc(N)ccc1OCC(=O)Nc1ccccc1F. The second kappa shape index (κ2) is 6.39. The zero-order valence-corrected chi connectivity index (χ0v) is 11.0. The first-order valence-corrected chi connectivity index (χ1v) is 6.07. The minimum atomic E-state index is -0.531. The average Bonchev–Trinajstić information content (AvgIpc) is 2.48. The number of benzene rings is 2. The predicted molar refractivity (Wildman–Crippen MR) is 76.1 cm³/mol.